The summed E-state index contributed by atoms with van der Waals surface area (Å²) in [4.78, 5) is 23.6. The summed E-state index contributed by atoms with van der Waals surface area (Å²) < 4.78 is 10.3. The van der Waals surface area contributed by atoms with Crippen molar-refractivity contribution in [2.45, 2.75) is 26.4 Å². The topological polar surface area (TPSA) is 81.9 Å². The lowest BCUT2D eigenvalue weighted by Gasteiger charge is -2.39. The Morgan fingerprint density at radius 3 is 2.41 bits per heavy atom. The molecular weight excluding hydrogens is 224 g/mol. The molecule has 2 N–H and O–H groups in total. The lowest BCUT2D eigenvalue weighted by Crippen LogP contribution is -2.53. The zero-order chi connectivity index (χ0) is 13.1. The number of ether oxygens (including phenoxy) is 2. The summed E-state index contributed by atoms with van der Waals surface area (Å²) in [6, 6.07) is 0. The van der Waals surface area contributed by atoms with Gasteiger partial charge < -0.3 is 20.1 Å². The number of hydrogen-bond donors (Lipinski definition) is 1. The SMILES string of the molecule is CC(C)(C)OC(=O)N1CC(COCC(N)=O)C1. The molecule has 1 fully saturated rings. The van der Waals surface area contributed by atoms with E-state index in [0.29, 0.717) is 19.7 Å². The highest BCUT2D eigenvalue weighted by Gasteiger charge is 2.33. The Bertz CT molecular complexity index is 292. The second kappa shape index (κ2) is 5.35. The molecule has 17 heavy (non-hydrogen) atoms. The molecule has 0 aromatic heterocycles. The number of likely N-dealkylation sites (tertiary alicyclic amines) is 1. The van der Waals surface area contributed by atoms with E-state index in [1.54, 1.807) is 4.90 Å². The molecule has 0 atom stereocenters. The average Bonchev–Trinajstić information content (AvgIpc) is 2.04. The van der Waals surface area contributed by atoms with Crippen LogP contribution in [0.2, 0.25) is 0 Å². The number of nitrogens with two attached hydrogens (primary N) is 1. The molecule has 1 saturated heterocycles. The lowest BCUT2D eigenvalue weighted by molar-refractivity contribution is -0.123. The standard InChI is InChI=1S/C11H20N2O4/c1-11(2,3)17-10(15)13-4-8(5-13)6-16-7-9(12)14/h8H,4-7H2,1-3H3,(H2,12,14). The molecule has 0 spiro atoms. The molecule has 0 aliphatic carbocycles. The van der Waals surface area contributed by atoms with Gasteiger partial charge in [-0.15, -0.1) is 0 Å². The van der Waals surface area contributed by atoms with Gasteiger partial charge >= 0.3 is 6.09 Å². The minimum Gasteiger partial charge on any atom is -0.444 e. The van der Waals surface area contributed by atoms with Gasteiger partial charge in [0.25, 0.3) is 0 Å². The molecule has 98 valence electrons. The van der Waals surface area contributed by atoms with Crippen LogP contribution in [0.4, 0.5) is 4.79 Å². The summed E-state index contributed by atoms with van der Waals surface area (Å²) >= 11 is 0. The van der Waals surface area contributed by atoms with Gasteiger partial charge in [-0.3, -0.25) is 4.79 Å². The minimum absolute atomic E-state index is 0.0665. The summed E-state index contributed by atoms with van der Waals surface area (Å²) in [6.45, 7) is 7.08. The van der Waals surface area contributed by atoms with Gasteiger partial charge in [-0.1, -0.05) is 0 Å². The molecule has 0 saturated carbocycles. The van der Waals surface area contributed by atoms with E-state index in [1.807, 2.05) is 20.8 Å². The highest BCUT2D eigenvalue weighted by Crippen LogP contribution is 2.19. The van der Waals surface area contributed by atoms with Crippen LogP contribution >= 0.6 is 0 Å². The van der Waals surface area contributed by atoms with Crippen LogP contribution in [0, 0.1) is 5.92 Å². The number of carbonyl (C=O) groups excluding carboxylic acids is 2. The van der Waals surface area contributed by atoms with Gasteiger partial charge in [-0.05, 0) is 20.8 Å². The third kappa shape index (κ3) is 5.04. The molecule has 1 aliphatic rings. The van der Waals surface area contributed by atoms with Crippen LogP contribution in [-0.2, 0) is 14.3 Å². The van der Waals surface area contributed by atoms with Gasteiger partial charge in [-0.2, -0.15) is 0 Å². The predicted molar refractivity (Wildman–Crippen MR) is 61.3 cm³/mol. The van der Waals surface area contributed by atoms with Crippen molar-refractivity contribution in [2.75, 3.05) is 26.3 Å². The first-order valence-corrected chi connectivity index (χ1v) is 5.62. The molecule has 0 unspecified atom stereocenters. The number of carbonyl (C=O) groups is 2. The van der Waals surface area contributed by atoms with Crippen molar-refractivity contribution in [2.24, 2.45) is 11.7 Å². The van der Waals surface area contributed by atoms with Gasteiger partial charge in [0.2, 0.25) is 5.91 Å². The van der Waals surface area contributed by atoms with Crippen molar-refractivity contribution < 1.29 is 19.1 Å². The van der Waals surface area contributed by atoms with E-state index in [9.17, 15) is 9.59 Å². The van der Waals surface area contributed by atoms with Crippen molar-refractivity contribution in [3.05, 3.63) is 0 Å². The Morgan fingerprint density at radius 2 is 1.94 bits per heavy atom. The van der Waals surface area contributed by atoms with Gasteiger partial charge in [0.1, 0.15) is 12.2 Å². The number of rotatable bonds is 4. The summed E-state index contributed by atoms with van der Waals surface area (Å²) in [5.41, 5.74) is 4.47. The summed E-state index contributed by atoms with van der Waals surface area (Å²) in [5.74, 6) is -0.213. The fraction of sp³-hybridized carbons (Fsp3) is 0.818. The zero-order valence-electron chi connectivity index (χ0n) is 10.6. The van der Waals surface area contributed by atoms with Crippen molar-refractivity contribution in [1.82, 2.24) is 4.90 Å². The summed E-state index contributed by atoms with van der Waals surface area (Å²) in [5, 5.41) is 0. The molecule has 1 heterocycles. The van der Waals surface area contributed by atoms with E-state index in [0.717, 1.165) is 0 Å². The Morgan fingerprint density at radius 1 is 1.35 bits per heavy atom. The fourth-order valence-electron chi connectivity index (χ4n) is 1.48. The molecule has 2 amide bonds. The number of nitrogens with zero attached hydrogens (tertiary/aromatic N) is 1. The molecule has 0 radical (unpaired) electrons. The summed E-state index contributed by atoms with van der Waals surface area (Å²) in [6.07, 6.45) is -0.302. The second-order valence-corrected chi connectivity index (χ2v) is 5.23. The highest BCUT2D eigenvalue weighted by molar-refractivity contribution is 5.75. The maximum atomic E-state index is 11.6. The van der Waals surface area contributed by atoms with E-state index in [-0.39, 0.29) is 18.6 Å². The Hall–Kier alpha value is -1.30. The van der Waals surface area contributed by atoms with Crippen LogP contribution < -0.4 is 5.73 Å². The monoisotopic (exact) mass is 244 g/mol. The second-order valence-electron chi connectivity index (χ2n) is 5.23. The van der Waals surface area contributed by atoms with Gasteiger partial charge in [0, 0.05) is 19.0 Å². The van der Waals surface area contributed by atoms with Gasteiger partial charge in [0.15, 0.2) is 0 Å². The van der Waals surface area contributed by atoms with E-state index >= 15 is 0 Å². The maximum Gasteiger partial charge on any atom is 0.410 e. The van der Waals surface area contributed by atoms with Crippen LogP contribution in [0.25, 0.3) is 0 Å². The summed E-state index contributed by atoms with van der Waals surface area (Å²) in [7, 11) is 0. The van der Waals surface area contributed by atoms with Crippen LogP contribution in [0.1, 0.15) is 20.8 Å². The quantitative estimate of drug-likeness (QED) is 0.774. The molecule has 1 aliphatic heterocycles. The maximum absolute atomic E-state index is 11.6. The van der Waals surface area contributed by atoms with Gasteiger partial charge in [0.05, 0.1) is 6.61 Å². The first-order valence-electron chi connectivity index (χ1n) is 5.62. The third-order valence-corrected chi connectivity index (χ3v) is 2.21. The van der Waals surface area contributed by atoms with Crippen LogP contribution in [0.5, 0.6) is 0 Å². The minimum atomic E-state index is -0.478. The molecular formula is C11H20N2O4. The smallest absolute Gasteiger partial charge is 0.410 e. The molecule has 0 aromatic carbocycles. The first kappa shape index (κ1) is 13.8. The zero-order valence-corrected chi connectivity index (χ0v) is 10.6. The van der Waals surface area contributed by atoms with Crippen molar-refractivity contribution in [3.8, 4) is 0 Å². The van der Waals surface area contributed by atoms with Crippen molar-refractivity contribution in [1.29, 1.82) is 0 Å². The molecule has 0 aromatic rings. The Kier molecular flexibility index (Phi) is 4.34. The van der Waals surface area contributed by atoms with E-state index in [2.05, 4.69) is 0 Å². The number of amides is 2. The van der Waals surface area contributed by atoms with Crippen molar-refractivity contribution >= 4 is 12.0 Å². The predicted octanol–water partition coefficient (Wildman–Crippen LogP) is 0.355. The molecule has 1 rings (SSSR count). The lowest BCUT2D eigenvalue weighted by atomic mass is 10.0. The molecule has 6 heteroatoms. The highest BCUT2D eigenvalue weighted by atomic mass is 16.6. The Balaban J connectivity index is 2.14. The van der Waals surface area contributed by atoms with Crippen LogP contribution in [-0.4, -0.2) is 48.8 Å². The van der Waals surface area contributed by atoms with Crippen LogP contribution in [0.15, 0.2) is 0 Å². The van der Waals surface area contributed by atoms with E-state index < -0.39 is 11.5 Å². The third-order valence-electron chi connectivity index (χ3n) is 2.21. The fourth-order valence-corrected chi connectivity index (χ4v) is 1.48. The Labute approximate surface area is 101 Å². The van der Waals surface area contributed by atoms with Gasteiger partial charge in [-0.25, -0.2) is 4.79 Å². The number of primary amides is 1. The molecule has 0 bridgehead atoms. The molecule has 6 nitrogen and oxygen atoms in total. The van der Waals surface area contributed by atoms with Crippen LogP contribution in [0.3, 0.4) is 0 Å². The van der Waals surface area contributed by atoms with E-state index in [1.165, 1.54) is 0 Å². The van der Waals surface area contributed by atoms with Crippen molar-refractivity contribution in [3.63, 3.8) is 0 Å². The average molecular weight is 244 g/mol. The largest absolute Gasteiger partial charge is 0.444 e. The first-order chi connectivity index (χ1) is 7.78. The number of hydrogen-bond acceptors (Lipinski definition) is 4. The normalized spacial score (nSPS) is 16.5. The van der Waals surface area contributed by atoms with E-state index in [4.69, 9.17) is 15.2 Å².